The van der Waals surface area contributed by atoms with Gasteiger partial charge in [0.1, 0.15) is 5.75 Å². The molecule has 1 fully saturated rings. The van der Waals surface area contributed by atoms with E-state index in [2.05, 4.69) is 44.3 Å². The van der Waals surface area contributed by atoms with Gasteiger partial charge in [-0.2, -0.15) is 0 Å². The summed E-state index contributed by atoms with van der Waals surface area (Å²) in [5.74, 6) is 2.33. The number of nitrogens with zero attached hydrogens (tertiary/aromatic N) is 1. The van der Waals surface area contributed by atoms with Gasteiger partial charge in [-0.1, -0.05) is 34.1 Å². The molecule has 0 bridgehead atoms. The Labute approximate surface area is 169 Å². The fourth-order valence-electron chi connectivity index (χ4n) is 3.66. The maximum Gasteiger partial charge on any atom is 0.161 e. The van der Waals surface area contributed by atoms with Crippen molar-refractivity contribution in [2.24, 2.45) is 0 Å². The quantitative estimate of drug-likeness (QED) is 0.747. The van der Waals surface area contributed by atoms with Gasteiger partial charge in [0.15, 0.2) is 11.5 Å². The number of rotatable bonds is 6. The summed E-state index contributed by atoms with van der Waals surface area (Å²) in [7, 11) is 5.05. The van der Waals surface area contributed by atoms with Gasteiger partial charge in [0.2, 0.25) is 0 Å². The van der Waals surface area contributed by atoms with Crippen LogP contribution in [0.2, 0.25) is 0 Å². The summed E-state index contributed by atoms with van der Waals surface area (Å²) in [6.07, 6.45) is 1.11. The highest BCUT2D eigenvalue weighted by Crippen LogP contribution is 2.42. The fraction of sp³-hybridized carbons (Fsp3) is 0.429. The number of hydrogen-bond acceptors (Lipinski definition) is 5. The Kier molecular flexibility index (Phi) is 6.99. The molecule has 0 aliphatic carbocycles. The second-order valence-electron chi connectivity index (χ2n) is 6.51. The first-order chi connectivity index (χ1) is 13.2. The minimum absolute atomic E-state index is 0.0511. The van der Waals surface area contributed by atoms with E-state index in [0.29, 0.717) is 5.75 Å². The Morgan fingerprint density at radius 1 is 0.889 bits per heavy atom. The lowest BCUT2D eigenvalue weighted by Crippen LogP contribution is -2.33. The van der Waals surface area contributed by atoms with Crippen molar-refractivity contribution < 1.29 is 14.2 Å². The van der Waals surface area contributed by atoms with E-state index in [1.807, 2.05) is 18.2 Å². The molecule has 1 atom stereocenters. The van der Waals surface area contributed by atoms with Crippen LogP contribution in [-0.2, 0) is 0 Å². The number of halogens is 1. The van der Waals surface area contributed by atoms with E-state index in [1.54, 1.807) is 21.3 Å². The van der Waals surface area contributed by atoms with Crippen LogP contribution in [0, 0.1) is 0 Å². The molecule has 27 heavy (non-hydrogen) atoms. The van der Waals surface area contributed by atoms with Crippen LogP contribution >= 0.6 is 15.9 Å². The van der Waals surface area contributed by atoms with Crippen molar-refractivity contribution in [2.45, 2.75) is 12.5 Å². The Morgan fingerprint density at radius 3 is 2.33 bits per heavy atom. The van der Waals surface area contributed by atoms with Crippen molar-refractivity contribution >= 4 is 15.9 Å². The standard InChI is InChI=1S/C21H27BrN2O3/c1-25-18-8-5-4-7-15(18)21(24-11-6-9-23-10-12-24)16-13-19(26-2)20(27-3)14-17(16)22/h4-5,7-8,13-14,21,23H,6,9-12H2,1-3H3. The van der Waals surface area contributed by atoms with Crippen LogP contribution in [-0.4, -0.2) is 52.4 Å². The minimum Gasteiger partial charge on any atom is -0.496 e. The zero-order valence-corrected chi connectivity index (χ0v) is 17.7. The molecule has 2 aromatic rings. The highest BCUT2D eigenvalue weighted by atomic mass is 79.9. The van der Waals surface area contributed by atoms with Gasteiger partial charge < -0.3 is 19.5 Å². The largest absolute Gasteiger partial charge is 0.496 e. The maximum absolute atomic E-state index is 5.70. The third-order valence-electron chi connectivity index (χ3n) is 4.97. The van der Waals surface area contributed by atoms with E-state index in [-0.39, 0.29) is 6.04 Å². The first-order valence-electron chi connectivity index (χ1n) is 9.18. The zero-order chi connectivity index (χ0) is 19.2. The molecule has 3 rings (SSSR count). The van der Waals surface area contributed by atoms with Gasteiger partial charge in [0.05, 0.1) is 27.4 Å². The molecule has 0 saturated carbocycles. The summed E-state index contributed by atoms with van der Waals surface area (Å²) < 4.78 is 17.7. The molecule has 146 valence electrons. The molecular formula is C21H27BrN2O3. The molecule has 0 spiro atoms. The van der Waals surface area contributed by atoms with Gasteiger partial charge in [-0.15, -0.1) is 0 Å². The van der Waals surface area contributed by atoms with Crippen LogP contribution in [0.1, 0.15) is 23.6 Å². The van der Waals surface area contributed by atoms with Gasteiger partial charge in [0, 0.05) is 29.7 Å². The lowest BCUT2D eigenvalue weighted by Gasteiger charge is -2.33. The molecule has 0 amide bonds. The molecule has 1 aliphatic heterocycles. The van der Waals surface area contributed by atoms with Gasteiger partial charge >= 0.3 is 0 Å². The van der Waals surface area contributed by atoms with Crippen LogP contribution in [0.3, 0.4) is 0 Å². The average molecular weight is 435 g/mol. The topological polar surface area (TPSA) is 43.0 Å². The highest BCUT2D eigenvalue weighted by Gasteiger charge is 2.28. The number of para-hydroxylation sites is 1. The number of nitrogens with one attached hydrogen (secondary N) is 1. The maximum atomic E-state index is 5.70. The van der Waals surface area contributed by atoms with Gasteiger partial charge in [-0.25, -0.2) is 0 Å². The van der Waals surface area contributed by atoms with E-state index in [1.165, 1.54) is 0 Å². The molecule has 5 nitrogen and oxygen atoms in total. The molecule has 1 unspecified atom stereocenters. The monoisotopic (exact) mass is 434 g/mol. The van der Waals surface area contributed by atoms with E-state index in [4.69, 9.17) is 14.2 Å². The smallest absolute Gasteiger partial charge is 0.161 e. The molecule has 2 aromatic carbocycles. The third kappa shape index (κ3) is 4.39. The SMILES string of the molecule is COc1cc(Br)c(C(c2ccccc2OC)N2CCCNCC2)cc1OC. The second-order valence-corrected chi connectivity index (χ2v) is 7.37. The van der Waals surface area contributed by atoms with E-state index < -0.39 is 0 Å². The van der Waals surface area contributed by atoms with Gasteiger partial charge in [0.25, 0.3) is 0 Å². The number of benzene rings is 2. The zero-order valence-electron chi connectivity index (χ0n) is 16.1. The molecule has 0 radical (unpaired) electrons. The fourth-order valence-corrected chi connectivity index (χ4v) is 4.20. The van der Waals surface area contributed by atoms with Crippen molar-refractivity contribution in [2.75, 3.05) is 47.5 Å². The summed E-state index contributed by atoms with van der Waals surface area (Å²) in [4.78, 5) is 2.50. The van der Waals surface area contributed by atoms with Crippen molar-refractivity contribution in [1.29, 1.82) is 0 Å². The number of ether oxygens (including phenoxy) is 3. The third-order valence-corrected chi connectivity index (χ3v) is 5.66. The molecule has 1 N–H and O–H groups in total. The number of hydrogen-bond donors (Lipinski definition) is 1. The average Bonchev–Trinajstić information content (AvgIpc) is 2.98. The predicted molar refractivity (Wildman–Crippen MR) is 111 cm³/mol. The van der Waals surface area contributed by atoms with E-state index in [0.717, 1.165) is 59.7 Å². The molecule has 1 aliphatic rings. The summed E-state index contributed by atoms with van der Waals surface area (Å²) in [6, 6.07) is 12.3. The van der Waals surface area contributed by atoms with Crippen molar-refractivity contribution in [3.63, 3.8) is 0 Å². The molecule has 0 aromatic heterocycles. The first kappa shape index (κ1) is 20.0. The predicted octanol–water partition coefficient (Wildman–Crippen LogP) is 3.86. The highest BCUT2D eigenvalue weighted by molar-refractivity contribution is 9.10. The molecule has 1 heterocycles. The Hall–Kier alpha value is -1.76. The van der Waals surface area contributed by atoms with Crippen molar-refractivity contribution in [3.8, 4) is 17.2 Å². The number of methoxy groups -OCH3 is 3. The Bertz CT molecular complexity index is 761. The van der Waals surface area contributed by atoms with Crippen molar-refractivity contribution in [3.05, 3.63) is 52.0 Å². The summed E-state index contributed by atoms with van der Waals surface area (Å²) in [5, 5.41) is 3.49. The van der Waals surface area contributed by atoms with Crippen molar-refractivity contribution in [1.82, 2.24) is 10.2 Å². The van der Waals surface area contributed by atoms with Crippen LogP contribution in [0.4, 0.5) is 0 Å². The van der Waals surface area contributed by atoms with E-state index in [9.17, 15) is 0 Å². The van der Waals surface area contributed by atoms with E-state index >= 15 is 0 Å². The molecular weight excluding hydrogens is 408 g/mol. The second kappa shape index (κ2) is 9.44. The Balaban J connectivity index is 2.15. The summed E-state index contributed by atoms with van der Waals surface area (Å²) in [5.41, 5.74) is 2.29. The normalized spacial score (nSPS) is 16.4. The van der Waals surface area contributed by atoms with Crippen LogP contribution in [0.25, 0.3) is 0 Å². The summed E-state index contributed by atoms with van der Waals surface area (Å²) in [6.45, 7) is 3.98. The van der Waals surface area contributed by atoms with Crippen LogP contribution in [0.5, 0.6) is 17.2 Å². The van der Waals surface area contributed by atoms with Crippen LogP contribution in [0.15, 0.2) is 40.9 Å². The minimum atomic E-state index is 0.0511. The van der Waals surface area contributed by atoms with Crippen LogP contribution < -0.4 is 19.5 Å². The first-order valence-corrected chi connectivity index (χ1v) is 9.98. The lowest BCUT2D eigenvalue weighted by atomic mass is 9.95. The molecule has 6 heteroatoms. The molecule has 1 saturated heterocycles. The summed E-state index contributed by atoms with van der Waals surface area (Å²) >= 11 is 3.76. The Morgan fingerprint density at radius 2 is 1.59 bits per heavy atom. The van der Waals surface area contributed by atoms with Gasteiger partial charge in [-0.05, 0) is 36.7 Å². The van der Waals surface area contributed by atoms with Gasteiger partial charge in [-0.3, -0.25) is 4.90 Å². The lowest BCUT2D eigenvalue weighted by molar-refractivity contribution is 0.235.